The zero-order valence-electron chi connectivity index (χ0n) is 22.0. The number of carbonyl (C=O) groups is 1. The number of methoxy groups -OCH3 is 2. The van der Waals surface area contributed by atoms with E-state index in [1.807, 2.05) is 4.90 Å². The molecule has 11 nitrogen and oxygen atoms in total. The third-order valence-corrected chi connectivity index (χ3v) is 7.45. The van der Waals surface area contributed by atoms with E-state index in [0.717, 1.165) is 6.07 Å². The Morgan fingerprint density at radius 3 is 2.42 bits per heavy atom. The van der Waals surface area contributed by atoms with Gasteiger partial charge in [0.05, 0.1) is 69.4 Å². The molecule has 2 N–H and O–H groups in total. The first-order valence-corrected chi connectivity index (χ1v) is 12.7. The van der Waals surface area contributed by atoms with Crippen LogP contribution >= 0.6 is 0 Å². The number of nitrogens with one attached hydrogen (secondary N) is 2. The summed E-state index contributed by atoms with van der Waals surface area (Å²) in [6.45, 7) is 6.81. The third kappa shape index (κ3) is 4.44. The first kappa shape index (κ1) is 26.1. The molecule has 0 bridgehead atoms. The van der Waals surface area contributed by atoms with Crippen molar-refractivity contribution in [3.8, 4) is 22.8 Å². The van der Waals surface area contributed by atoms with E-state index in [2.05, 4.69) is 22.2 Å². The second-order valence-electron chi connectivity index (χ2n) is 10.2. The highest BCUT2D eigenvalue weighted by molar-refractivity contribution is 5.93. The van der Waals surface area contributed by atoms with Crippen LogP contribution in [0.1, 0.15) is 0 Å². The maximum atomic E-state index is 15.4. The van der Waals surface area contributed by atoms with Crippen LogP contribution in [-0.2, 0) is 14.3 Å². The van der Waals surface area contributed by atoms with E-state index in [1.165, 1.54) is 26.4 Å². The van der Waals surface area contributed by atoms with Crippen LogP contribution < -0.4 is 25.0 Å². The van der Waals surface area contributed by atoms with Gasteiger partial charge in [0.1, 0.15) is 5.52 Å². The van der Waals surface area contributed by atoms with Gasteiger partial charge >= 0.3 is 0 Å². The Labute approximate surface area is 228 Å². The first-order valence-electron chi connectivity index (χ1n) is 12.7. The summed E-state index contributed by atoms with van der Waals surface area (Å²) in [5.74, 6) is -1.65. The Balaban J connectivity index is 1.41. The summed E-state index contributed by atoms with van der Waals surface area (Å²) >= 11 is 0. The maximum Gasteiger partial charge on any atom is 0.243 e. The van der Waals surface area contributed by atoms with Crippen molar-refractivity contribution < 1.29 is 32.5 Å². The Morgan fingerprint density at radius 1 is 1.10 bits per heavy atom. The lowest BCUT2D eigenvalue weighted by Crippen LogP contribution is -2.66. The van der Waals surface area contributed by atoms with E-state index in [4.69, 9.17) is 28.9 Å². The van der Waals surface area contributed by atoms with Gasteiger partial charge in [-0.3, -0.25) is 4.79 Å². The van der Waals surface area contributed by atoms with Gasteiger partial charge in [-0.05, 0) is 12.1 Å². The van der Waals surface area contributed by atoms with Gasteiger partial charge in [-0.2, -0.15) is 0 Å². The number of hydrogen-bond acceptors (Lipinski definition) is 10. The lowest BCUT2D eigenvalue weighted by molar-refractivity contribution is -0.127. The number of benzene rings is 1. The number of anilines is 2. The number of nitrogens with zero attached hydrogens (tertiary/aromatic N) is 4. The van der Waals surface area contributed by atoms with Crippen molar-refractivity contribution in [2.24, 2.45) is 5.41 Å². The van der Waals surface area contributed by atoms with E-state index < -0.39 is 11.6 Å². The number of halogens is 2. The molecule has 3 saturated heterocycles. The molecule has 40 heavy (non-hydrogen) atoms. The van der Waals surface area contributed by atoms with Crippen LogP contribution in [0.2, 0.25) is 0 Å². The van der Waals surface area contributed by atoms with Crippen LogP contribution in [0, 0.1) is 17.0 Å². The fourth-order valence-corrected chi connectivity index (χ4v) is 5.28. The molecule has 0 unspecified atom stereocenters. The molecule has 1 aromatic carbocycles. The summed E-state index contributed by atoms with van der Waals surface area (Å²) in [6, 6.07) is 2.12. The van der Waals surface area contributed by atoms with Crippen LogP contribution in [-0.4, -0.2) is 86.7 Å². The molecule has 2 aromatic heterocycles. The molecule has 0 radical (unpaired) electrons. The molecular formula is C27H28F2N6O5. The molecule has 5 heterocycles. The predicted octanol–water partition coefficient (Wildman–Crippen LogP) is 2.31. The van der Waals surface area contributed by atoms with Gasteiger partial charge in [-0.15, -0.1) is 0 Å². The number of fused-ring (bicyclic) bond motifs is 1. The summed E-state index contributed by atoms with van der Waals surface area (Å²) in [7, 11) is 2.59. The predicted molar refractivity (Wildman–Crippen MR) is 142 cm³/mol. The van der Waals surface area contributed by atoms with Crippen molar-refractivity contribution >= 4 is 28.6 Å². The van der Waals surface area contributed by atoms with Crippen molar-refractivity contribution in [3.05, 3.63) is 42.6 Å². The van der Waals surface area contributed by atoms with Gasteiger partial charge in [0.2, 0.25) is 11.9 Å². The van der Waals surface area contributed by atoms with E-state index in [0.29, 0.717) is 62.2 Å². The molecule has 3 fully saturated rings. The second kappa shape index (κ2) is 10.1. The smallest absolute Gasteiger partial charge is 0.243 e. The van der Waals surface area contributed by atoms with Gasteiger partial charge in [-0.25, -0.2) is 23.7 Å². The van der Waals surface area contributed by atoms with Gasteiger partial charge in [0, 0.05) is 30.7 Å². The van der Waals surface area contributed by atoms with E-state index >= 15 is 8.78 Å². The van der Waals surface area contributed by atoms with E-state index in [9.17, 15) is 4.79 Å². The molecule has 1 spiro atoms. The van der Waals surface area contributed by atoms with Crippen molar-refractivity contribution in [2.75, 3.05) is 64.0 Å². The number of ether oxygens (including phenoxy) is 4. The van der Waals surface area contributed by atoms with Crippen LogP contribution in [0.15, 0.2) is 31.0 Å². The lowest BCUT2D eigenvalue weighted by atomic mass is 9.78. The number of rotatable bonds is 8. The summed E-state index contributed by atoms with van der Waals surface area (Å²) in [6.07, 6.45) is 2.77. The van der Waals surface area contributed by atoms with Gasteiger partial charge in [0.15, 0.2) is 29.0 Å². The van der Waals surface area contributed by atoms with Gasteiger partial charge in [0.25, 0.3) is 0 Å². The maximum absolute atomic E-state index is 15.4. The summed E-state index contributed by atoms with van der Waals surface area (Å²) in [5.41, 5.74) is 0.248. The summed E-state index contributed by atoms with van der Waals surface area (Å²) in [5, 5.41) is 6.61. The van der Waals surface area contributed by atoms with Crippen molar-refractivity contribution in [1.29, 1.82) is 0 Å². The van der Waals surface area contributed by atoms with Crippen LogP contribution in [0.3, 0.4) is 0 Å². The van der Waals surface area contributed by atoms with E-state index in [1.54, 1.807) is 6.20 Å². The molecular weight excluding hydrogens is 526 g/mol. The van der Waals surface area contributed by atoms with E-state index in [-0.39, 0.29) is 46.2 Å². The van der Waals surface area contributed by atoms with Gasteiger partial charge < -0.3 is 34.5 Å². The molecule has 2 atom stereocenters. The monoisotopic (exact) mass is 554 g/mol. The first-order chi connectivity index (χ1) is 19.3. The SMILES string of the molecule is C=CC(=O)N[C@H]1COC[C@H]1Nc1ncc2cc(-c3c(F)c(OC)cc(OC)c3F)nc(N3CC4(COC4)C3)c2n1. The Bertz CT molecular complexity index is 1460. The van der Waals surface area contributed by atoms with Crippen LogP contribution in [0.25, 0.3) is 22.2 Å². The molecule has 13 heteroatoms. The summed E-state index contributed by atoms with van der Waals surface area (Å²) in [4.78, 5) is 27.7. The normalized spacial score (nSPS) is 21.1. The number of amides is 1. The quantitative estimate of drug-likeness (QED) is 0.402. The second-order valence-corrected chi connectivity index (χ2v) is 10.2. The molecule has 0 aliphatic carbocycles. The standard InChI is InChI=1S/C27H28F2N6O5/c1-4-20(36)31-16-8-39-9-17(16)33-26-30-7-14-5-15(21-22(28)18(37-2)6-19(38-3)23(21)29)32-25(24(14)34-26)35-10-27(11-35)12-40-13-27/h4-7,16-17H,1,8-13H2,2-3H3,(H,31,36)(H,30,33,34)/t16-,17+/m0/s1. The van der Waals surface area contributed by atoms with Crippen molar-refractivity contribution in [2.45, 2.75) is 12.1 Å². The lowest BCUT2D eigenvalue weighted by Gasteiger charge is -2.55. The zero-order chi connectivity index (χ0) is 28.0. The van der Waals surface area contributed by atoms with Crippen molar-refractivity contribution in [3.63, 3.8) is 0 Å². The fraction of sp³-hybridized carbons (Fsp3) is 0.407. The largest absolute Gasteiger partial charge is 0.494 e. The molecule has 3 aliphatic heterocycles. The van der Waals surface area contributed by atoms with Crippen LogP contribution in [0.5, 0.6) is 11.5 Å². The molecule has 3 aromatic rings. The average molecular weight is 555 g/mol. The number of pyridine rings is 1. The highest BCUT2D eigenvalue weighted by Crippen LogP contribution is 2.43. The minimum Gasteiger partial charge on any atom is -0.494 e. The van der Waals surface area contributed by atoms with Crippen molar-refractivity contribution in [1.82, 2.24) is 20.3 Å². The minimum absolute atomic E-state index is 0.0472. The Morgan fingerprint density at radius 2 is 1.80 bits per heavy atom. The highest BCUT2D eigenvalue weighted by Gasteiger charge is 2.50. The van der Waals surface area contributed by atoms with Gasteiger partial charge in [-0.1, -0.05) is 6.58 Å². The number of aromatic nitrogens is 3. The topological polar surface area (TPSA) is 120 Å². The average Bonchev–Trinajstić information content (AvgIpc) is 3.33. The minimum atomic E-state index is -0.890. The third-order valence-electron chi connectivity index (χ3n) is 7.45. The molecule has 3 aliphatic rings. The highest BCUT2D eigenvalue weighted by atomic mass is 19.1. The molecule has 0 saturated carbocycles. The molecule has 6 rings (SSSR count). The zero-order valence-corrected chi connectivity index (χ0v) is 22.0. The van der Waals surface area contributed by atoms with Crippen LogP contribution in [0.4, 0.5) is 20.5 Å². The Kier molecular flexibility index (Phi) is 6.62. The number of hydrogen-bond donors (Lipinski definition) is 2. The fourth-order valence-electron chi connectivity index (χ4n) is 5.28. The summed E-state index contributed by atoms with van der Waals surface area (Å²) < 4.78 is 52.0. The number of carbonyl (C=O) groups excluding carboxylic acids is 1. The Hall–Kier alpha value is -4.10. The molecule has 210 valence electrons. The molecule has 1 amide bonds.